The van der Waals surface area contributed by atoms with Crippen LogP contribution in [0.1, 0.15) is 25.2 Å². The van der Waals surface area contributed by atoms with Crippen LogP contribution in [0.25, 0.3) is 0 Å². The zero-order valence-corrected chi connectivity index (χ0v) is 12.2. The average Bonchev–Trinajstić information content (AvgIpc) is 2.84. The van der Waals surface area contributed by atoms with E-state index in [-0.39, 0.29) is 0 Å². The largest absolute Gasteiger partial charge is 0.378 e. The Balaban J connectivity index is 1.98. The van der Waals surface area contributed by atoms with Gasteiger partial charge in [-0.05, 0) is 5.92 Å². The summed E-state index contributed by atoms with van der Waals surface area (Å²) < 4.78 is 7.23. The SMILES string of the molecule is COCc1cc(NCc2cncn2CC(C)C)ncn1. The van der Waals surface area contributed by atoms with Crippen molar-refractivity contribution in [1.29, 1.82) is 0 Å². The predicted octanol–water partition coefficient (Wildman–Crippen LogP) is 2.09. The smallest absolute Gasteiger partial charge is 0.130 e. The van der Waals surface area contributed by atoms with Crippen molar-refractivity contribution < 1.29 is 4.74 Å². The van der Waals surface area contributed by atoms with Crippen molar-refractivity contribution in [3.63, 3.8) is 0 Å². The van der Waals surface area contributed by atoms with Gasteiger partial charge >= 0.3 is 0 Å². The molecule has 2 aromatic heterocycles. The topological polar surface area (TPSA) is 64.9 Å². The second kappa shape index (κ2) is 7.00. The van der Waals surface area contributed by atoms with Crippen molar-refractivity contribution in [2.24, 2.45) is 5.92 Å². The highest BCUT2D eigenvalue weighted by Crippen LogP contribution is 2.09. The Bertz CT molecular complexity index is 538. The minimum atomic E-state index is 0.489. The zero-order valence-electron chi connectivity index (χ0n) is 12.2. The van der Waals surface area contributed by atoms with Crippen molar-refractivity contribution >= 4 is 5.82 Å². The lowest BCUT2D eigenvalue weighted by Crippen LogP contribution is -2.11. The first kappa shape index (κ1) is 14.5. The van der Waals surface area contributed by atoms with Crippen LogP contribution in [-0.2, 0) is 24.4 Å². The van der Waals surface area contributed by atoms with Gasteiger partial charge < -0.3 is 14.6 Å². The molecule has 2 aromatic rings. The molecular formula is C14H21N5O. The Morgan fingerprint density at radius 1 is 1.35 bits per heavy atom. The van der Waals surface area contributed by atoms with Crippen LogP contribution in [0.15, 0.2) is 24.9 Å². The Morgan fingerprint density at radius 2 is 2.20 bits per heavy atom. The summed E-state index contributed by atoms with van der Waals surface area (Å²) in [4.78, 5) is 12.5. The third-order valence-electron chi connectivity index (χ3n) is 2.83. The number of methoxy groups -OCH3 is 1. The summed E-state index contributed by atoms with van der Waals surface area (Å²) in [6, 6.07) is 1.90. The second-order valence-corrected chi connectivity index (χ2v) is 5.11. The van der Waals surface area contributed by atoms with Gasteiger partial charge in [0.25, 0.3) is 0 Å². The molecule has 0 aliphatic carbocycles. The number of hydrogen-bond acceptors (Lipinski definition) is 5. The standard InChI is InChI=1S/C14H21N5O/c1-11(2)7-19-10-15-5-13(19)6-16-14-4-12(8-20-3)17-9-18-14/h4-5,9-11H,6-8H2,1-3H3,(H,16,17,18). The van der Waals surface area contributed by atoms with E-state index >= 15 is 0 Å². The fourth-order valence-corrected chi connectivity index (χ4v) is 1.96. The summed E-state index contributed by atoms with van der Waals surface area (Å²) >= 11 is 0. The molecule has 0 bridgehead atoms. The molecule has 6 nitrogen and oxygen atoms in total. The van der Waals surface area contributed by atoms with Crippen LogP contribution in [0.5, 0.6) is 0 Å². The molecule has 0 amide bonds. The first-order valence-corrected chi connectivity index (χ1v) is 6.71. The molecule has 0 saturated heterocycles. The van der Waals surface area contributed by atoms with Gasteiger partial charge in [0.15, 0.2) is 0 Å². The number of ether oxygens (including phenoxy) is 1. The molecule has 0 aromatic carbocycles. The molecule has 2 rings (SSSR count). The fraction of sp³-hybridized carbons (Fsp3) is 0.500. The minimum Gasteiger partial charge on any atom is -0.378 e. The summed E-state index contributed by atoms with van der Waals surface area (Å²) in [7, 11) is 1.65. The maximum atomic E-state index is 5.06. The first-order valence-electron chi connectivity index (χ1n) is 6.71. The second-order valence-electron chi connectivity index (χ2n) is 5.11. The number of rotatable bonds is 7. The highest BCUT2D eigenvalue weighted by Gasteiger charge is 2.05. The maximum Gasteiger partial charge on any atom is 0.130 e. The Hall–Kier alpha value is -1.95. The molecular weight excluding hydrogens is 254 g/mol. The number of nitrogens with one attached hydrogen (secondary N) is 1. The number of imidazole rings is 1. The summed E-state index contributed by atoms with van der Waals surface area (Å²) in [5.74, 6) is 1.39. The van der Waals surface area contributed by atoms with Gasteiger partial charge in [-0.15, -0.1) is 0 Å². The zero-order chi connectivity index (χ0) is 14.4. The van der Waals surface area contributed by atoms with Crippen molar-refractivity contribution in [3.8, 4) is 0 Å². The number of nitrogens with zero attached hydrogens (tertiary/aromatic N) is 4. The third kappa shape index (κ3) is 4.03. The van der Waals surface area contributed by atoms with E-state index in [4.69, 9.17) is 4.74 Å². The first-order chi connectivity index (χ1) is 9.69. The number of aromatic nitrogens is 4. The Morgan fingerprint density at radius 3 is 2.95 bits per heavy atom. The highest BCUT2D eigenvalue weighted by molar-refractivity contribution is 5.35. The van der Waals surface area contributed by atoms with Crippen molar-refractivity contribution in [2.75, 3.05) is 12.4 Å². The molecule has 0 saturated carbocycles. The fourth-order valence-electron chi connectivity index (χ4n) is 1.96. The maximum absolute atomic E-state index is 5.06. The third-order valence-corrected chi connectivity index (χ3v) is 2.83. The highest BCUT2D eigenvalue weighted by atomic mass is 16.5. The van der Waals surface area contributed by atoms with E-state index in [2.05, 4.69) is 38.7 Å². The van der Waals surface area contributed by atoms with E-state index in [0.717, 1.165) is 23.8 Å². The lowest BCUT2D eigenvalue weighted by atomic mass is 10.2. The summed E-state index contributed by atoms with van der Waals surface area (Å²) in [6.07, 6.45) is 5.29. The molecule has 0 spiro atoms. The van der Waals surface area contributed by atoms with Crippen LogP contribution in [0.3, 0.4) is 0 Å². The molecule has 0 aliphatic heterocycles. The summed E-state index contributed by atoms with van der Waals surface area (Å²) in [6.45, 7) is 6.53. The molecule has 1 N–H and O–H groups in total. The number of anilines is 1. The van der Waals surface area contributed by atoms with Crippen LogP contribution in [0, 0.1) is 5.92 Å². The predicted molar refractivity (Wildman–Crippen MR) is 77.1 cm³/mol. The van der Waals surface area contributed by atoms with Gasteiger partial charge in [0.1, 0.15) is 12.1 Å². The van der Waals surface area contributed by atoms with Gasteiger partial charge in [-0.1, -0.05) is 13.8 Å². The van der Waals surface area contributed by atoms with E-state index in [1.807, 2.05) is 18.6 Å². The molecule has 20 heavy (non-hydrogen) atoms. The van der Waals surface area contributed by atoms with E-state index in [9.17, 15) is 0 Å². The van der Waals surface area contributed by atoms with E-state index in [1.54, 1.807) is 13.4 Å². The van der Waals surface area contributed by atoms with Gasteiger partial charge in [0.2, 0.25) is 0 Å². The van der Waals surface area contributed by atoms with Crippen LogP contribution >= 0.6 is 0 Å². The summed E-state index contributed by atoms with van der Waals surface area (Å²) in [5, 5.41) is 3.29. The van der Waals surface area contributed by atoms with Gasteiger partial charge in [-0.3, -0.25) is 0 Å². The molecule has 0 fully saturated rings. The van der Waals surface area contributed by atoms with Crippen LogP contribution in [-0.4, -0.2) is 26.6 Å². The average molecular weight is 275 g/mol. The molecule has 0 aliphatic rings. The summed E-state index contributed by atoms with van der Waals surface area (Å²) in [5.41, 5.74) is 2.01. The van der Waals surface area contributed by atoms with Crippen LogP contribution in [0.2, 0.25) is 0 Å². The monoisotopic (exact) mass is 275 g/mol. The Labute approximate surface area is 119 Å². The molecule has 108 valence electrons. The van der Waals surface area contributed by atoms with E-state index in [1.165, 1.54) is 0 Å². The van der Waals surface area contributed by atoms with Crippen LogP contribution in [0.4, 0.5) is 5.82 Å². The molecule has 6 heteroatoms. The normalized spacial score (nSPS) is 11.0. The van der Waals surface area contributed by atoms with Crippen molar-refractivity contribution in [3.05, 3.63) is 36.3 Å². The molecule has 0 unspecified atom stereocenters. The molecule has 0 radical (unpaired) electrons. The minimum absolute atomic E-state index is 0.489. The van der Waals surface area contributed by atoms with Crippen LogP contribution < -0.4 is 5.32 Å². The molecule has 0 atom stereocenters. The van der Waals surface area contributed by atoms with Gasteiger partial charge in [0.05, 0.1) is 30.9 Å². The van der Waals surface area contributed by atoms with E-state index < -0.39 is 0 Å². The lowest BCUT2D eigenvalue weighted by molar-refractivity contribution is 0.181. The van der Waals surface area contributed by atoms with Crippen molar-refractivity contribution in [2.45, 2.75) is 33.5 Å². The van der Waals surface area contributed by atoms with Gasteiger partial charge in [-0.25, -0.2) is 15.0 Å². The number of hydrogen-bond donors (Lipinski definition) is 1. The Kier molecular flexibility index (Phi) is 5.06. The van der Waals surface area contributed by atoms with E-state index in [0.29, 0.717) is 19.1 Å². The molecule has 2 heterocycles. The quantitative estimate of drug-likeness (QED) is 0.838. The van der Waals surface area contributed by atoms with Gasteiger partial charge in [-0.2, -0.15) is 0 Å². The van der Waals surface area contributed by atoms with Crippen molar-refractivity contribution in [1.82, 2.24) is 19.5 Å². The lowest BCUT2D eigenvalue weighted by Gasteiger charge is -2.11. The van der Waals surface area contributed by atoms with Gasteiger partial charge in [0, 0.05) is 25.9 Å².